The lowest BCUT2D eigenvalue weighted by atomic mass is 10.2. The highest BCUT2D eigenvalue weighted by atomic mass is 79.9. The molecule has 0 unspecified atom stereocenters. The first kappa shape index (κ1) is 17.2. The molecule has 2 N–H and O–H groups in total. The van der Waals surface area contributed by atoms with Crippen LogP contribution in [0.1, 0.15) is 12.7 Å². The molecule has 1 aromatic carbocycles. The molecule has 22 heavy (non-hydrogen) atoms. The number of furan rings is 1. The molecule has 0 saturated carbocycles. The second kappa shape index (κ2) is 7.92. The third-order valence-corrected chi connectivity index (χ3v) is 4.97. The number of rotatable bonds is 8. The van der Waals surface area contributed by atoms with Gasteiger partial charge in [0, 0.05) is 23.1 Å². The van der Waals surface area contributed by atoms with E-state index in [4.69, 9.17) is 4.42 Å². The minimum absolute atomic E-state index is 0.0984. The van der Waals surface area contributed by atoms with E-state index < -0.39 is 10.0 Å². The van der Waals surface area contributed by atoms with Crippen molar-refractivity contribution in [3.63, 3.8) is 0 Å². The van der Waals surface area contributed by atoms with Gasteiger partial charge < -0.3 is 9.73 Å². The van der Waals surface area contributed by atoms with Crippen molar-refractivity contribution in [2.75, 3.05) is 18.8 Å². The van der Waals surface area contributed by atoms with Crippen LogP contribution in [0.5, 0.6) is 0 Å². The van der Waals surface area contributed by atoms with Gasteiger partial charge in [-0.05, 0) is 31.2 Å². The monoisotopic (exact) mass is 386 g/mol. The Labute approximate surface area is 139 Å². The molecule has 0 aliphatic heterocycles. The first-order valence-electron chi connectivity index (χ1n) is 7.03. The fraction of sp³-hybridized carbons (Fsp3) is 0.333. The van der Waals surface area contributed by atoms with E-state index in [9.17, 15) is 8.42 Å². The largest absolute Gasteiger partial charge is 0.460 e. The molecule has 0 aliphatic carbocycles. The van der Waals surface area contributed by atoms with Gasteiger partial charge in [0.1, 0.15) is 11.5 Å². The molecule has 2 aromatic rings. The minimum Gasteiger partial charge on any atom is -0.460 e. The zero-order valence-electron chi connectivity index (χ0n) is 12.3. The van der Waals surface area contributed by atoms with E-state index in [1.165, 1.54) is 0 Å². The normalized spacial score (nSPS) is 11.7. The molecule has 0 atom stereocenters. The molecular formula is C15H19BrN2O3S. The second-order valence-corrected chi connectivity index (χ2v) is 7.76. The van der Waals surface area contributed by atoms with E-state index in [2.05, 4.69) is 26.0 Å². The van der Waals surface area contributed by atoms with Gasteiger partial charge in [0.2, 0.25) is 10.0 Å². The Balaban J connectivity index is 1.81. The van der Waals surface area contributed by atoms with Gasteiger partial charge in [-0.3, -0.25) is 0 Å². The smallest absolute Gasteiger partial charge is 0.211 e. The van der Waals surface area contributed by atoms with Gasteiger partial charge in [0.05, 0.1) is 12.3 Å². The Kier molecular flexibility index (Phi) is 6.19. The standard InChI is InChI=1S/C15H19BrN2O3S/c1-2-22(19,20)18-9-8-17-11-14-6-7-15(21-14)12-4-3-5-13(16)10-12/h3-7,10,17-18H,2,8-9,11H2,1H3. The van der Waals surface area contributed by atoms with E-state index in [1.807, 2.05) is 36.4 Å². The van der Waals surface area contributed by atoms with Gasteiger partial charge in [-0.25, -0.2) is 13.1 Å². The van der Waals surface area contributed by atoms with Gasteiger partial charge >= 0.3 is 0 Å². The molecule has 1 aromatic heterocycles. The van der Waals surface area contributed by atoms with Crippen molar-refractivity contribution < 1.29 is 12.8 Å². The summed E-state index contributed by atoms with van der Waals surface area (Å²) in [6, 6.07) is 11.7. The van der Waals surface area contributed by atoms with Crippen molar-refractivity contribution in [2.45, 2.75) is 13.5 Å². The van der Waals surface area contributed by atoms with E-state index in [1.54, 1.807) is 6.92 Å². The zero-order chi connectivity index (χ0) is 16.0. The lowest BCUT2D eigenvalue weighted by molar-refractivity contribution is 0.493. The SMILES string of the molecule is CCS(=O)(=O)NCCNCc1ccc(-c2cccc(Br)c2)o1. The Bertz CT molecular complexity index is 713. The molecule has 0 amide bonds. The van der Waals surface area contributed by atoms with Gasteiger partial charge in [0.15, 0.2) is 0 Å². The lowest BCUT2D eigenvalue weighted by Crippen LogP contribution is -2.32. The number of hydrogen-bond acceptors (Lipinski definition) is 4. The minimum atomic E-state index is -3.12. The number of halogens is 1. The van der Waals surface area contributed by atoms with Crippen LogP contribution in [0.3, 0.4) is 0 Å². The molecule has 1 heterocycles. The van der Waals surface area contributed by atoms with Gasteiger partial charge in [-0.2, -0.15) is 0 Å². The predicted octanol–water partition coefficient (Wildman–Crippen LogP) is 2.74. The van der Waals surface area contributed by atoms with Crippen LogP contribution in [0.15, 0.2) is 45.3 Å². The Morgan fingerprint density at radius 1 is 1.18 bits per heavy atom. The average molecular weight is 387 g/mol. The lowest BCUT2D eigenvalue weighted by Gasteiger charge is -2.05. The first-order chi connectivity index (χ1) is 10.5. The Morgan fingerprint density at radius 2 is 2.00 bits per heavy atom. The molecule has 0 aliphatic rings. The maximum atomic E-state index is 11.3. The summed E-state index contributed by atoms with van der Waals surface area (Å²) in [6.45, 7) is 3.09. The quantitative estimate of drug-likeness (QED) is 0.684. The summed E-state index contributed by atoms with van der Waals surface area (Å²) < 4.78 is 31.8. The van der Waals surface area contributed by atoms with Crippen molar-refractivity contribution in [1.29, 1.82) is 0 Å². The fourth-order valence-corrected chi connectivity index (χ4v) is 2.89. The molecular weight excluding hydrogens is 368 g/mol. The van der Waals surface area contributed by atoms with Gasteiger partial charge in [0.25, 0.3) is 0 Å². The summed E-state index contributed by atoms with van der Waals surface area (Å²) in [6.07, 6.45) is 0. The van der Waals surface area contributed by atoms with E-state index >= 15 is 0 Å². The summed E-state index contributed by atoms with van der Waals surface area (Å²) in [7, 11) is -3.12. The van der Waals surface area contributed by atoms with Crippen molar-refractivity contribution >= 4 is 26.0 Å². The highest BCUT2D eigenvalue weighted by Gasteiger charge is 2.06. The van der Waals surface area contributed by atoms with Crippen LogP contribution in [0.2, 0.25) is 0 Å². The first-order valence-corrected chi connectivity index (χ1v) is 9.47. The summed E-state index contributed by atoms with van der Waals surface area (Å²) in [5.74, 6) is 1.72. The molecule has 0 fully saturated rings. The third-order valence-electron chi connectivity index (χ3n) is 3.07. The van der Waals surface area contributed by atoms with Crippen LogP contribution in [-0.4, -0.2) is 27.3 Å². The van der Waals surface area contributed by atoms with Crippen molar-refractivity contribution in [2.24, 2.45) is 0 Å². The summed E-state index contributed by atoms with van der Waals surface area (Å²) >= 11 is 3.44. The zero-order valence-corrected chi connectivity index (χ0v) is 14.7. The summed E-state index contributed by atoms with van der Waals surface area (Å²) in [5, 5.41) is 3.14. The van der Waals surface area contributed by atoms with Crippen LogP contribution < -0.4 is 10.0 Å². The van der Waals surface area contributed by atoms with Crippen LogP contribution in [-0.2, 0) is 16.6 Å². The maximum absolute atomic E-state index is 11.3. The Hall–Kier alpha value is -1.15. The number of sulfonamides is 1. The van der Waals surface area contributed by atoms with Crippen molar-refractivity contribution in [3.8, 4) is 11.3 Å². The average Bonchev–Trinajstić information content (AvgIpc) is 2.96. The van der Waals surface area contributed by atoms with E-state index in [0.717, 1.165) is 21.6 Å². The van der Waals surface area contributed by atoms with Crippen molar-refractivity contribution in [1.82, 2.24) is 10.0 Å². The second-order valence-electron chi connectivity index (χ2n) is 4.75. The summed E-state index contributed by atoms with van der Waals surface area (Å²) in [5.41, 5.74) is 1.01. The highest BCUT2D eigenvalue weighted by Crippen LogP contribution is 2.24. The summed E-state index contributed by atoms with van der Waals surface area (Å²) in [4.78, 5) is 0. The number of benzene rings is 1. The fourth-order valence-electron chi connectivity index (χ4n) is 1.88. The van der Waals surface area contributed by atoms with Gasteiger partial charge in [-0.15, -0.1) is 0 Å². The molecule has 7 heteroatoms. The van der Waals surface area contributed by atoms with Crippen LogP contribution in [0.25, 0.3) is 11.3 Å². The third kappa shape index (κ3) is 5.24. The molecule has 120 valence electrons. The van der Waals surface area contributed by atoms with Crippen molar-refractivity contribution in [3.05, 3.63) is 46.6 Å². The number of nitrogens with one attached hydrogen (secondary N) is 2. The molecule has 2 rings (SSSR count). The predicted molar refractivity (Wildman–Crippen MR) is 91.0 cm³/mol. The number of hydrogen-bond donors (Lipinski definition) is 2. The van der Waals surface area contributed by atoms with E-state index in [0.29, 0.717) is 19.6 Å². The Morgan fingerprint density at radius 3 is 2.73 bits per heavy atom. The van der Waals surface area contributed by atoms with Crippen LogP contribution in [0, 0.1) is 0 Å². The maximum Gasteiger partial charge on any atom is 0.211 e. The van der Waals surface area contributed by atoms with Crippen LogP contribution in [0.4, 0.5) is 0 Å². The van der Waals surface area contributed by atoms with Crippen LogP contribution >= 0.6 is 15.9 Å². The highest BCUT2D eigenvalue weighted by molar-refractivity contribution is 9.10. The van der Waals surface area contributed by atoms with Gasteiger partial charge in [-0.1, -0.05) is 28.1 Å². The molecule has 5 nitrogen and oxygen atoms in total. The molecule has 0 bridgehead atoms. The topological polar surface area (TPSA) is 71.3 Å². The molecule has 0 spiro atoms. The molecule has 0 radical (unpaired) electrons. The van der Waals surface area contributed by atoms with E-state index in [-0.39, 0.29) is 5.75 Å². The molecule has 0 saturated heterocycles.